The lowest BCUT2D eigenvalue weighted by Crippen LogP contribution is -1.91. The maximum atomic E-state index is 4.60. The lowest BCUT2D eigenvalue weighted by Gasteiger charge is -2.06. The van der Waals surface area contributed by atoms with E-state index in [1.54, 1.807) is 0 Å². The lowest BCUT2D eigenvalue weighted by atomic mass is 10.0. The highest BCUT2D eigenvalue weighted by Crippen LogP contribution is 2.17. The quantitative estimate of drug-likeness (QED) is 0.454. The second-order valence-corrected chi connectivity index (χ2v) is 4.47. The Hall–Kier alpha value is -1.37. The molecule has 1 nitrogen and oxygen atoms in total. The molecule has 0 spiro atoms. The number of hydrogen-bond donors (Lipinski definition) is 0. The van der Waals surface area contributed by atoms with Gasteiger partial charge in [0.2, 0.25) is 0 Å². The Morgan fingerprint density at radius 2 is 1.71 bits per heavy atom. The minimum absolute atomic E-state index is 1.03. The Bertz CT molecular complexity index is 386. The van der Waals surface area contributed by atoms with E-state index in [9.17, 15) is 0 Å². The van der Waals surface area contributed by atoms with Crippen LogP contribution in [-0.4, -0.2) is 5.71 Å². The molecule has 0 atom stereocenters. The molecule has 0 fully saturated rings. The van der Waals surface area contributed by atoms with E-state index in [1.807, 2.05) is 19.9 Å². The fourth-order valence-electron chi connectivity index (χ4n) is 1.78. The van der Waals surface area contributed by atoms with E-state index in [0.29, 0.717) is 0 Å². The van der Waals surface area contributed by atoms with Crippen molar-refractivity contribution in [2.75, 3.05) is 0 Å². The summed E-state index contributed by atoms with van der Waals surface area (Å²) in [5, 5.41) is 0. The van der Waals surface area contributed by atoms with Gasteiger partial charge in [-0.3, -0.25) is 4.99 Å². The summed E-state index contributed by atoms with van der Waals surface area (Å²) >= 11 is 0. The van der Waals surface area contributed by atoms with E-state index in [0.717, 1.165) is 23.4 Å². The summed E-state index contributed by atoms with van der Waals surface area (Å²) in [7, 11) is 0. The van der Waals surface area contributed by atoms with Gasteiger partial charge < -0.3 is 0 Å². The third-order valence-corrected chi connectivity index (χ3v) is 2.37. The van der Waals surface area contributed by atoms with Crippen LogP contribution in [0.3, 0.4) is 0 Å². The second-order valence-electron chi connectivity index (χ2n) is 4.47. The van der Waals surface area contributed by atoms with Gasteiger partial charge in [-0.05, 0) is 58.3 Å². The van der Waals surface area contributed by atoms with Crippen LogP contribution in [0.5, 0.6) is 0 Å². The summed E-state index contributed by atoms with van der Waals surface area (Å²) in [4.78, 5) is 4.60. The van der Waals surface area contributed by atoms with E-state index < -0.39 is 0 Å². The highest BCUT2D eigenvalue weighted by Gasteiger charge is 2.00. The van der Waals surface area contributed by atoms with Gasteiger partial charge in [0.25, 0.3) is 0 Å². The normalized spacial score (nSPS) is 14.2. The summed E-state index contributed by atoms with van der Waals surface area (Å²) in [6.45, 7) is 16.3. The van der Waals surface area contributed by atoms with E-state index in [1.165, 1.54) is 11.1 Å². The second kappa shape index (κ2) is 7.83. The highest BCUT2D eigenvalue weighted by atomic mass is 14.7. The largest absolute Gasteiger partial charge is 0.258 e. The molecule has 0 heterocycles. The first-order chi connectivity index (χ1) is 7.92. The third-order valence-electron chi connectivity index (χ3n) is 2.37. The SMILES string of the molecule is C=CC(/C(C)=C\CC)=C(\C)N=C(C)C=C(C)C. The van der Waals surface area contributed by atoms with Crippen LogP contribution in [0.1, 0.15) is 48.0 Å². The molecule has 0 aromatic rings. The summed E-state index contributed by atoms with van der Waals surface area (Å²) < 4.78 is 0. The van der Waals surface area contributed by atoms with Crippen molar-refractivity contribution in [1.29, 1.82) is 0 Å². The molecule has 0 saturated carbocycles. The van der Waals surface area contributed by atoms with Crippen molar-refractivity contribution in [2.24, 2.45) is 4.99 Å². The molecule has 0 rings (SSSR count). The predicted molar refractivity (Wildman–Crippen MR) is 79.5 cm³/mol. The van der Waals surface area contributed by atoms with Gasteiger partial charge >= 0.3 is 0 Å². The first-order valence-electron chi connectivity index (χ1n) is 6.13. The maximum absolute atomic E-state index is 4.60. The molecule has 0 aliphatic rings. The van der Waals surface area contributed by atoms with Gasteiger partial charge in [0.05, 0.1) is 0 Å². The zero-order valence-electron chi connectivity index (χ0n) is 12.1. The van der Waals surface area contributed by atoms with Gasteiger partial charge in [-0.15, -0.1) is 0 Å². The summed E-state index contributed by atoms with van der Waals surface area (Å²) in [6, 6.07) is 0. The van der Waals surface area contributed by atoms with Gasteiger partial charge in [-0.25, -0.2) is 0 Å². The van der Waals surface area contributed by atoms with Crippen molar-refractivity contribution in [1.82, 2.24) is 0 Å². The standard InChI is InChI=1S/C16H25N/c1-8-10-13(5)16(9-2)15(7)17-14(6)11-12(3)4/h9-11H,2,8H2,1,3-7H3/b13-10-,16-15-,17-14?. The molecule has 0 saturated heterocycles. The van der Waals surface area contributed by atoms with Crippen LogP contribution in [0.4, 0.5) is 0 Å². The van der Waals surface area contributed by atoms with E-state index >= 15 is 0 Å². The van der Waals surface area contributed by atoms with Crippen LogP contribution in [-0.2, 0) is 0 Å². The fraction of sp³-hybridized carbons (Fsp3) is 0.438. The van der Waals surface area contributed by atoms with Gasteiger partial charge in [0.15, 0.2) is 0 Å². The summed E-state index contributed by atoms with van der Waals surface area (Å²) in [6.07, 6.45) is 7.21. The number of rotatable bonds is 5. The zero-order valence-corrected chi connectivity index (χ0v) is 12.1. The molecule has 0 radical (unpaired) electrons. The molecule has 0 N–H and O–H groups in total. The average molecular weight is 231 g/mol. The molecule has 0 unspecified atom stereocenters. The fourth-order valence-corrected chi connectivity index (χ4v) is 1.78. The van der Waals surface area contributed by atoms with Crippen LogP contribution in [0.2, 0.25) is 0 Å². The van der Waals surface area contributed by atoms with Crippen molar-refractivity contribution >= 4 is 5.71 Å². The van der Waals surface area contributed by atoms with Crippen molar-refractivity contribution in [3.8, 4) is 0 Å². The van der Waals surface area contributed by atoms with Crippen LogP contribution < -0.4 is 0 Å². The molecule has 0 aromatic carbocycles. The number of aliphatic imine (C=N–C) groups is 1. The van der Waals surface area contributed by atoms with E-state index in [4.69, 9.17) is 0 Å². The Morgan fingerprint density at radius 3 is 2.12 bits per heavy atom. The van der Waals surface area contributed by atoms with Crippen LogP contribution in [0, 0.1) is 0 Å². The number of allylic oxidation sites excluding steroid dienone is 7. The molecule has 17 heavy (non-hydrogen) atoms. The molecule has 0 aliphatic carbocycles. The number of hydrogen-bond acceptors (Lipinski definition) is 1. The molecule has 0 amide bonds. The van der Waals surface area contributed by atoms with Crippen molar-refractivity contribution < 1.29 is 0 Å². The Kier molecular flexibility index (Phi) is 7.20. The summed E-state index contributed by atoms with van der Waals surface area (Å²) in [5.74, 6) is 0. The van der Waals surface area contributed by atoms with Crippen molar-refractivity contribution in [2.45, 2.75) is 48.0 Å². The molecule has 1 heteroatoms. The summed E-state index contributed by atoms with van der Waals surface area (Å²) in [5.41, 5.74) is 5.70. The van der Waals surface area contributed by atoms with Crippen LogP contribution in [0.15, 0.2) is 52.2 Å². The smallest absolute Gasteiger partial charge is 0.0450 e. The molecule has 0 aliphatic heterocycles. The highest BCUT2D eigenvalue weighted by molar-refractivity contribution is 5.94. The first kappa shape index (κ1) is 15.6. The predicted octanol–water partition coefficient (Wildman–Crippen LogP) is 5.23. The average Bonchev–Trinajstić information content (AvgIpc) is 2.17. The van der Waals surface area contributed by atoms with Gasteiger partial charge in [0.1, 0.15) is 0 Å². The lowest BCUT2D eigenvalue weighted by molar-refractivity contribution is 1.16. The van der Waals surface area contributed by atoms with E-state index in [2.05, 4.69) is 51.4 Å². The van der Waals surface area contributed by atoms with Crippen molar-refractivity contribution in [3.05, 3.63) is 47.2 Å². The number of nitrogens with zero attached hydrogens (tertiary/aromatic N) is 1. The van der Waals surface area contributed by atoms with Crippen LogP contribution >= 0.6 is 0 Å². The molecular formula is C16H25N. The minimum atomic E-state index is 1.03. The molecule has 0 aromatic heterocycles. The Morgan fingerprint density at radius 1 is 1.12 bits per heavy atom. The maximum Gasteiger partial charge on any atom is 0.0450 e. The van der Waals surface area contributed by atoms with E-state index in [-0.39, 0.29) is 0 Å². The van der Waals surface area contributed by atoms with Crippen LogP contribution in [0.25, 0.3) is 0 Å². The first-order valence-corrected chi connectivity index (χ1v) is 6.13. The minimum Gasteiger partial charge on any atom is -0.258 e. The Balaban J connectivity index is 5.33. The zero-order chi connectivity index (χ0) is 13.4. The van der Waals surface area contributed by atoms with Gasteiger partial charge in [-0.1, -0.05) is 31.2 Å². The molecule has 0 bridgehead atoms. The van der Waals surface area contributed by atoms with Gasteiger partial charge in [0, 0.05) is 11.4 Å². The Labute approximate surface area is 106 Å². The molecular weight excluding hydrogens is 206 g/mol. The topological polar surface area (TPSA) is 12.4 Å². The molecule has 94 valence electrons. The van der Waals surface area contributed by atoms with Gasteiger partial charge in [-0.2, -0.15) is 0 Å². The third kappa shape index (κ3) is 6.06. The monoisotopic (exact) mass is 231 g/mol. The van der Waals surface area contributed by atoms with Crippen molar-refractivity contribution in [3.63, 3.8) is 0 Å².